The van der Waals surface area contributed by atoms with E-state index >= 15 is 0 Å². The van der Waals surface area contributed by atoms with E-state index < -0.39 is 0 Å². The molecular weight excluding hydrogens is 304 g/mol. The van der Waals surface area contributed by atoms with Gasteiger partial charge in [-0.25, -0.2) is 0 Å². The molecular formula is C18H24N4O2. The van der Waals surface area contributed by atoms with E-state index in [1.54, 1.807) is 6.07 Å². The summed E-state index contributed by atoms with van der Waals surface area (Å²) in [6.45, 7) is 8.20. The molecule has 6 heteroatoms. The lowest BCUT2D eigenvalue weighted by Crippen LogP contribution is -2.44. The van der Waals surface area contributed by atoms with E-state index in [-0.39, 0.29) is 11.8 Å². The largest absolute Gasteiger partial charge is 0.369 e. The Kier molecular flexibility index (Phi) is 4.85. The summed E-state index contributed by atoms with van der Waals surface area (Å²) in [5.74, 6) is 0.672. The molecule has 1 N–H and O–H groups in total. The molecule has 2 heterocycles. The van der Waals surface area contributed by atoms with Crippen LogP contribution in [0.5, 0.6) is 0 Å². The number of likely N-dealkylation sites (N-methyl/N-ethyl adjacent to an activating group) is 1. The van der Waals surface area contributed by atoms with Crippen LogP contribution in [0.4, 0.5) is 11.4 Å². The highest BCUT2D eigenvalue weighted by atomic mass is 16.5. The van der Waals surface area contributed by atoms with Crippen LogP contribution in [0.2, 0.25) is 0 Å². The Bertz CT molecular complexity index is 685. The summed E-state index contributed by atoms with van der Waals surface area (Å²) < 4.78 is 5.17. The number of piperazine rings is 1. The number of benzene rings is 1. The van der Waals surface area contributed by atoms with E-state index in [0.29, 0.717) is 11.5 Å². The smallest absolute Gasteiger partial charge is 0.277 e. The van der Waals surface area contributed by atoms with Crippen LogP contribution in [-0.2, 0) is 0 Å². The van der Waals surface area contributed by atoms with Crippen LogP contribution in [0.1, 0.15) is 36.0 Å². The van der Waals surface area contributed by atoms with Gasteiger partial charge in [-0.05, 0) is 31.3 Å². The third kappa shape index (κ3) is 3.76. The molecule has 24 heavy (non-hydrogen) atoms. The molecule has 0 aliphatic carbocycles. The highest BCUT2D eigenvalue weighted by Crippen LogP contribution is 2.20. The molecule has 3 rings (SSSR count). The number of hydrogen-bond acceptors (Lipinski definition) is 5. The van der Waals surface area contributed by atoms with E-state index in [0.717, 1.165) is 31.9 Å². The van der Waals surface area contributed by atoms with Crippen LogP contribution in [0, 0.1) is 0 Å². The van der Waals surface area contributed by atoms with Crippen molar-refractivity contribution in [2.75, 3.05) is 43.4 Å². The lowest BCUT2D eigenvalue weighted by molar-refractivity contribution is 0.101. The summed E-state index contributed by atoms with van der Waals surface area (Å²) >= 11 is 0. The first kappa shape index (κ1) is 16.5. The number of anilines is 2. The highest BCUT2D eigenvalue weighted by molar-refractivity contribution is 6.02. The van der Waals surface area contributed by atoms with Crippen molar-refractivity contribution < 1.29 is 9.32 Å². The normalized spacial score (nSPS) is 15.8. The Morgan fingerprint density at radius 2 is 1.83 bits per heavy atom. The molecule has 1 aliphatic rings. The number of hydrogen-bond donors (Lipinski definition) is 1. The minimum Gasteiger partial charge on any atom is -0.369 e. The summed E-state index contributed by atoms with van der Waals surface area (Å²) in [5.41, 5.74) is 2.25. The second-order valence-corrected chi connectivity index (χ2v) is 6.56. The van der Waals surface area contributed by atoms with Crippen LogP contribution in [0.15, 0.2) is 34.9 Å². The number of nitrogens with one attached hydrogen (secondary N) is 1. The maximum Gasteiger partial charge on any atom is 0.277 e. The van der Waals surface area contributed by atoms with Gasteiger partial charge in [0, 0.05) is 49.5 Å². The lowest BCUT2D eigenvalue weighted by atomic mass is 10.1. The zero-order chi connectivity index (χ0) is 17.1. The van der Waals surface area contributed by atoms with Gasteiger partial charge in [0.1, 0.15) is 5.76 Å². The Labute approximate surface area is 142 Å². The Morgan fingerprint density at radius 1 is 1.17 bits per heavy atom. The molecule has 6 nitrogen and oxygen atoms in total. The third-order valence-corrected chi connectivity index (χ3v) is 4.32. The van der Waals surface area contributed by atoms with Gasteiger partial charge >= 0.3 is 0 Å². The first-order valence-electron chi connectivity index (χ1n) is 8.34. The zero-order valence-corrected chi connectivity index (χ0v) is 14.5. The van der Waals surface area contributed by atoms with E-state index in [1.165, 1.54) is 5.69 Å². The van der Waals surface area contributed by atoms with Gasteiger partial charge < -0.3 is 19.6 Å². The lowest BCUT2D eigenvalue weighted by Gasteiger charge is -2.34. The molecule has 0 bridgehead atoms. The molecule has 0 radical (unpaired) electrons. The monoisotopic (exact) mass is 328 g/mol. The molecule has 0 atom stereocenters. The van der Waals surface area contributed by atoms with Crippen molar-refractivity contribution in [1.82, 2.24) is 10.1 Å². The fourth-order valence-electron chi connectivity index (χ4n) is 2.68. The summed E-state index contributed by atoms with van der Waals surface area (Å²) in [6, 6.07) is 9.63. The first-order valence-corrected chi connectivity index (χ1v) is 8.34. The maximum atomic E-state index is 12.2. The van der Waals surface area contributed by atoms with Gasteiger partial charge in [0.15, 0.2) is 5.69 Å². The quantitative estimate of drug-likeness (QED) is 0.935. The second kappa shape index (κ2) is 7.05. The molecule has 1 aliphatic heterocycles. The molecule has 2 aromatic rings. The van der Waals surface area contributed by atoms with Crippen LogP contribution in [-0.4, -0.2) is 49.2 Å². The van der Waals surface area contributed by atoms with Crippen molar-refractivity contribution in [3.05, 3.63) is 41.8 Å². The Balaban J connectivity index is 1.62. The number of nitrogens with zero attached hydrogens (tertiary/aromatic N) is 3. The molecule has 0 spiro atoms. The fraction of sp³-hybridized carbons (Fsp3) is 0.444. The zero-order valence-electron chi connectivity index (χ0n) is 14.5. The SMILES string of the molecule is CC(C)c1cc(C(=O)Nc2ccc(N3CCN(C)CC3)cc2)no1. The number of amides is 1. The average Bonchev–Trinajstić information content (AvgIpc) is 3.07. The van der Waals surface area contributed by atoms with Crippen molar-refractivity contribution in [2.24, 2.45) is 0 Å². The molecule has 1 amide bonds. The third-order valence-electron chi connectivity index (χ3n) is 4.32. The molecule has 0 unspecified atom stereocenters. The number of carbonyl (C=O) groups excluding carboxylic acids is 1. The number of carbonyl (C=O) groups is 1. The van der Waals surface area contributed by atoms with Crippen LogP contribution < -0.4 is 10.2 Å². The fourth-order valence-corrected chi connectivity index (χ4v) is 2.68. The van der Waals surface area contributed by atoms with Gasteiger partial charge in [0.2, 0.25) is 0 Å². The van der Waals surface area contributed by atoms with Crippen molar-refractivity contribution in [3.63, 3.8) is 0 Å². The van der Waals surface area contributed by atoms with E-state index in [1.807, 2.05) is 38.1 Å². The van der Waals surface area contributed by atoms with E-state index in [4.69, 9.17) is 4.52 Å². The van der Waals surface area contributed by atoms with Crippen LogP contribution in [0.25, 0.3) is 0 Å². The average molecular weight is 328 g/mol. The number of aromatic nitrogens is 1. The van der Waals surface area contributed by atoms with E-state index in [9.17, 15) is 4.79 Å². The maximum absolute atomic E-state index is 12.2. The predicted molar refractivity (Wildman–Crippen MR) is 94.7 cm³/mol. The van der Waals surface area contributed by atoms with Gasteiger partial charge in [0.05, 0.1) is 0 Å². The van der Waals surface area contributed by atoms with Crippen molar-refractivity contribution in [3.8, 4) is 0 Å². The van der Waals surface area contributed by atoms with Gasteiger partial charge in [-0.15, -0.1) is 0 Å². The van der Waals surface area contributed by atoms with Gasteiger partial charge in [-0.1, -0.05) is 19.0 Å². The summed E-state index contributed by atoms with van der Waals surface area (Å²) in [7, 11) is 2.14. The molecule has 1 aromatic carbocycles. The summed E-state index contributed by atoms with van der Waals surface area (Å²) in [6.07, 6.45) is 0. The molecule has 0 saturated carbocycles. The predicted octanol–water partition coefficient (Wildman–Crippen LogP) is 2.80. The van der Waals surface area contributed by atoms with Gasteiger partial charge in [-0.3, -0.25) is 4.79 Å². The molecule has 1 saturated heterocycles. The molecule has 128 valence electrons. The minimum atomic E-state index is -0.252. The summed E-state index contributed by atoms with van der Waals surface area (Å²) in [5, 5.41) is 6.69. The number of rotatable bonds is 4. The Hall–Kier alpha value is -2.34. The van der Waals surface area contributed by atoms with Crippen molar-refractivity contribution >= 4 is 17.3 Å². The van der Waals surface area contributed by atoms with Crippen molar-refractivity contribution in [2.45, 2.75) is 19.8 Å². The minimum absolute atomic E-state index is 0.210. The van der Waals surface area contributed by atoms with E-state index in [2.05, 4.69) is 27.3 Å². The highest BCUT2D eigenvalue weighted by Gasteiger charge is 2.16. The van der Waals surface area contributed by atoms with Crippen LogP contribution >= 0.6 is 0 Å². The van der Waals surface area contributed by atoms with Crippen LogP contribution in [0.3, 0.4) is 0 Å². The standard InChI is InChI=1S/C18H24N4O2/c1-13(2)17-12-16(20-24-17)18(23)19-14-4-6-15(7-5-14)22-10-8-21(3)9-11-22/h4-7,12-13H,8-11H2,1-3H3,(H,19,23). The van der Waals surface area contributed by atoms with Gasteiger partial charge in [-0.2, -0.15) is 0 Å². The van der Waals surface area contributed by atoms with Crippen molar-refractivity contribution in [1.29, 1.82) is 0 Å². The summed E-state index contributed by atoms with van der Waals surface area (Å²) in [4.78, 5) is 16.9. The Morgan fingerprint density at radius 3 is 2.42 bits per heavy atom. The second-order valence-electron chi connectivity index (χ2n) is 6.56. The molecule has 1 aromatic heterocycles. The molecule has 1 fully saturated rings. The topological polar surface area (TPSA) is 61.6 Å². The first-order chi connectivity index (χ1) is 11.5. The van der Waals surface area contributed by atoms with Gasteiger partial charge in [0.25, 0.3) is 5.91 Å².